The fourth-order valence-electron chi connectivity index (χ4n) is 4.94. The lowest BCUT2D eigenvalue weighted by Crippen LogP contribution is -2.46. The van der Waals surface area contributed by atoms with E-state index in [1.54, 1.807) is 18.1 Å². The van der Waals surface area contributed by atoms with Crippen LogP contribution in [0.3, 0.4) is 0 Å². The average molecular weight is 478 g/mol. The molecule has 36 heavy (non-hydrogen) atoms. The molecule has 4 aromatic rings. The zero-order valence-corrected chi connectivity index (χ0v) is 20.4. The highest BCUT2D eigenvalue weighted by Crippen LogP contribution is 2.45. The number of para-hydroxylation sites is 1. The van der Waals surface area contributed by atoms with E-state index in [0.717, 1.165) is 22.5 Å². The minimum atomic E-state index is -0.671. The van der Waals surface area contributed by atoms with Crippen molar-refractivity contribution >= 4 is 23.3 Å². The van der Waals surface area contributed by atoms with E-state index < -0.39 is 12.0 Å². The number of benzene rings is 3. The van der Waals surface area contributed by atoms with Crippen LogP contribution >= 0.6 is 0 Å². The Hall–Kier alpha value is -4.45. The van der Waals surface area contributed by atoms with Gasteiger partial charge < -0.3 is 10.1 Å². The SMILES string of the molecule is COc1ccc(C2C(C(=O)Nc3cc(C)cc(C)n3)c3ccccc3C(=O)N2c2ccccc2)cc1. The van der Waals surface area contributed by atoms with Gasteiger partial charge in [0.1, 0.15) is 11.6 Å². The molecular weight excluding hydrogens is 450 g/mol. The maximum absolute atomic E-state index is 14.0. The molecule has 2 amide bonds. The highest BCUT2D eigenvalue weighted by atomic mass is 16.5. The van der Waals surface area contributed by atoms with E-state index in [4.69, 9.17) is 4.74 Å². The fourth-order valence-corrected chi connectivity index (χ4v) is 4.94. The number of aryl methyl sites for hydroxylation is 2. The molecule has 1 aliphatic heterocycles. The fraction of sp³-hybridized carbons (Fsp3) is 0.167. The Balaban J connectivity index is 1.68. The van der Waals surface area contributed by atoms with Crippen LogP contribution in [-0.4, -0.2) is 23.9 Å². The van der Waals surface area contributed by atoms with Crippen LogP contribution in [0.2, 0.25) is 0 Å². The number of rotatable bonds is 5. The van der Waals surface area contributed by atoms with Gasteiger partial charge in [-0.3, -0.25) is 14.5 Å². The molecule has 0 spiro atoms. The van der Waals surface area contributed by atoms with Crippen molar-refractivity contribution in [3.8, 4) is 5.75 Å². The molecule has 0 saturated carbocycles. The van der Waals surface area contributed by atoms with E-state index in [-0.39, 0.29) is 11.8 Å². The summed E-state index contributed by atoms with van der Waals surface area (Å²) in [5, 5.41) is 3.03. The van der Waals surface area contributed by atoms with Gasteiger partial charge in [-0.1, -0.05) is 48.5 Å². The summed E-state index contributed by atoms with van der Waals surface area (Å²) < 4.78 is 5.35. The van der Waals surface area contributed by atoms with Crippen molar-refractivity contribution in [1.29, 1.82) is 0 Å². The van der Waals surface area contributed by atoms with Crippen molar-refractivity contribution in [2.75, 3.05) is 17.3 Å². The van der Waals surface area contributed by atoms with Crippen LogP contribution in [0.1, 0.15) is 44.7 Å². The first-order valence-corrected chi connectivity index (χ1v) is 11.8. The zero-order chi connectivity index (χ0) is 25.2. The number of amides is 2. The Morgan fingerprint density at radius 3 is 2.31 bits per heavy atom. The summed E-state index contributed by atoms with van der Waals surface area (Å²) in [5.74, 6) is 0.148. The second-order valence-corrected chi connectivity index (χ2v) is 8.95. The maximum Gasteiger partial charge on any atom is 0.259 e. The van der Waals surface area contributed by atoms with Gasteiger partial charge >= 0.3 is 0 Å². The highest BCUT2D eigenvalue weighted by molar-refractivity contribution is 6.12. The molecule has 1 N–H and O–H groups in total. The summed E-state index contributed by atoms with van der Waals surface area (Å²) >= 11 is 0. The van der Waals surface area contributed by atoms with E-state index in [1.165, 1.54) is 0 Å². The Labute approximate surface area is 210 Å². The number of nitrogens with one attached hydrogen (secondary N) is 1. The Morgan fingerprint density at radius 1 is 0.917 bits per heavy atom. The number of fused-ring (bicyclic) bond motifs is 1. The summed E-state index contributed by atoms with van der Waals surface area (Å²) in [6.07, 6.45) is 0. The Kier molecular flexibility index (Phi) is 6.25. The molecule has 0 aliphatic carbocycles. The van der Waals surface area contributed by atoms with Gasteiger partial charge in [-0.15, -0.1) is 0 Å². The highest BCUT2D eigenvalue weighted by Gasteiger charge is 2.45. The van der Waals surface area contributed by atoms with E-state index in [9.17, 15) is 9.59 Å². The van der Waals surface area contributed by atoms with E-state index in [2.05, 4.69) is 10.3 Å². The molecular formula is C30H27N3O3. The van der Waals surface area contributed by atoms with Gasteiger partial charge in [0, 0.05) is 16.9 Å². The second-order valence-electron chi connectivity index (χ2n) is 8.95. The molecule has 0 bridgehead atoms. The van der Waals surface area contributed by atoms with E-state index in [1.807, 2.05) is 98.8 Å². The third-order valence-electron chi connectivity index (χ3n) is 6.46. The van der Waals surface area contributed by atoms with Gasteiger partial charge in [-0.25, -0.2) is 4.98 Å². The number of nitrogens with zero attached hydrogens (tertiary/aromatic N) is 2. The van der Waals surface area contributed by atoms with E-state index >= 15 is 0 Å². The number of aromatic nitrogens is 1. The topological polar surface area (TPSA) is 71.5 Å². The molecule has 0 radical (unpaired) electrons. The zero-order valence-electron chi connectivity index (χ0n) is 20.4. The lowest BCUT2D eigenvalue weighted by Gasteiger charge is -2.41. The molecule has 1 aromatic heterocycles. The first-order chi connectivity index (χ1) is 17.5. The number of ether oxygens (including phenoxy) is 1. The number of methoxy groups -OCH3 is 1. The first kappa shape index (κ1) is 23.3. The molecule has 0 saturated heterocycles. The molecule has 6 heteroatoms. The van der Waals surface area contributed by atoms with Crippen molar-refractivity contribution in [1.82, 2.24) is 4.98 Å². The predicted molar refractivity (Wildman–Crippen MR) is 141 cm³/mol. The van der Waals surface area contributed by atoms with Gasteiger partial charge in [0.25, 0.3) is 5.91 Å². The average Bonchev–Trinajstić information content (AvgIpc) is 2.88. The lowest BCUT2D eigenvalue weighted by molar-refractivity contribution is -0.118. The number of hydrogen-bond donors (Lipinski definition) is 1. The molecule has 6 nitrogen and oxygen atoms in total. The Morgan fingerprint density at radius 2 is 1.61 bits per heavy atom. The molecule has 2 atom stereocenters. The van der Waals surface area contributed by atoms with Gasteiger partial charge in [0.2, 0.25) is 5.91 Å². The molecule has 180 valence electrons. The van der Waals surface area contributed by atoms with E-state index in [0.29, 0.717) is 22.7 Å². The number of carbonyl (C=O) groups excluding carboxylic acids is 2. The first-order valence-electron chi connectivity index (χ1n) is 11.8. The third-order valence-corrected chi connectivity index (χ3v) is 6.46. The standard InChI is InChI=1S/C30H27N3O3/c1-19-17-20(2)31-26(18-19)32-29(34)27-24-11-7-8-12-25(24)30(35)33(22-9-5-4-6-10-22)28(27)21-13-15-23(36-3)16-14-21/h4-18,27-28H,1-3H3,(H,31,32,34). The van der Waals surface area contributed by atoms with Crippen LogP contribution in [0.25, 0.3) is 0 Å². The van der Waals surface area contributed by atoms with Crippen molar-refractivity contribution < 1.29 is 14.3 Å². The number of hydrogen-bond acceptors (Lipinski definition) is 4. The molecule has 0 fully saturated rings. The molecule has 1 aliphatic rings. The monoisotopic (exact) mass is 477 g/mol. The molecule has 3 aromatic carbocycles. The van der Waals surface area contributed by atoms with Crippen LogP contribution in [0, 0.1) is 13.8 Å². The van der Waals surface area contributed by atoms with Gasteiger partial charge in [-0.05, 0) is 73.0 Å². The smallest absolute Gasteiger partial charge is 0.259 e. The molecule has 2 unspecified atom stereocenters. The van der Waals surface area contributed by atoms with Crippen molar-refractivity contribution in [2.24, 2.45) is 0 Å². The van der Waals surface area contributed by atoms with Gasteiger partial charge in [-0.2, -0.15) is 0 Å². The second kappa shape index (κ2) is 9.66. The van der Waals surface area contributed by atoms with Crippen LogP contribution in [0.4, 0.5) is 11.5 Å². The molecule has 5 rings (SSSR count). The molecule has 2 heterocycles. The quantitative estimate of drug-likeness (QED) is 0.393. The van der Waals surface area contributed by atoms with Crippen LogP contribution in [-0.2, 0) is 4.79 Å². The van der Waals surface area contributed by atoms with Crippen molar-refractivity contribution in [3.05, 3.63) is 119 Å². The summed E-state index contributed by atoms with van der Waals surface area (Å²) in [5.41, 5.74) is 4.59. The number of pyridine rings is 1. The van der Waals surface area contributed by atoms with Gasteiger partial charge in [0.15, 0.2) is 0 Å². The predicted octanol–water partition coefficient (Wildman–Crippen LogP) is 5.83. The van der Waals surface area contributed by atoms with Crippen molar-refractivity contribution in [2.45, 2.75) is 25.8 Å². The van der Waals surface area contributed by atoms with Gasteiger partial charge in [0.05, 0.1) is 19.1 Å². The summed E-state index contributed by atoms with van der Waals surface area (Å²) in [6.45, 7) is 3.87. The van der Waals surface area contributed by atoms with Crippen molar-refractivity contribution in [3.63, 3.8) is 0 Å². The van der Waals surface area contributed by atoms with Crippen LogP contribution < -0.4 is 15.0 Å². The normalized spacial score (nSPS) is 16.9. The minimum Gasteiger partial charge on any atom is -0.497 e. The summed E-state index contributed by atoms with van der Waals surface area (Å²) in [6, 6.07) is 27.6. The summed E-state index contributed by atoms with van der Waals surface area (Å²) in [4.78, 5) is 34.2. The largest absolute Gasteiger partial charge is 0.497 e. The Bertz CT molecular complexity index is 1400. The van der Waals surface area contributed by atoms with Crippen LogP contribution in [0.15, 0.2) is 91.0 Å². The number of anilines is 2. The summed E-state index contributed by atoms with van der Waals surface area (Å²) in [7, 11) is 1.61. The maximum atomic E-state index is 14.0. The number of carbonyl (C=O) groups is 2. The minimum absolute atomic E-state index is 0.147. The van der Waals surface area contributed by atoms with Crippen LogP contribution in [0.5, 0.6) is 5.75 Å². The third kappa shape index (κ3) is 4.33. The lowest BCUT2D eigenvalue weighted by atomic mass is 9.78.